The van der Waals surface area contributed by atoms with Gasteiger partial charge in [0.1, 0.15) is 0 Å². The molecule has 5 nitrogen and oxygen atoms in total. The molecular formula is C20H29NO4. The van der Waals surface area contributed by atoms with Gasteiger partial charge in [0.05, 0.1) is 12.3 Å². The summed E-state index contributed by atoms with van der Waals surface area (Å²) in [6, 6.07) is 8.11. The molecule has 1 aromatic carbocycles. The van der Waals surface area contributed by atoms with Crippen LogP contribution in [0.25, 0.3) is 0 Å². The first kappa shape index (κ1) is 19.4. The van der Waals surface area contributed by atoms with E-state index in [1.54, 1.807) is 0 Å². The van der Waals surface area contributed by atoms with Gasteiger partial charge in [0.2, 0.25) is 5.91 Å². The molecule has 5 heteroatoms. The summed E-state index contributed by atoms with van der Waals surface area (Å²) in [5.74, 6) is -1.43. The first-order chi connectivity index (χ1) is 12.1. The second kappa shape index (κ2) is 10.2. The summed E-state index contributed by atoms with van der Waals surface area (Å²) in [4.78, 5) is 23.7. The van der Waals surface area contributed by atoms with Crippen molar-refractivity contribution in [1.82, 2.24) is 5.32 Å². The zero-order chi connectivity index (χ0) is 18.1. The fraction of sp³-hybridized carbons (Fsp3) is 0.600. The van der Waals surface area contributed by atoms with E-state index < -0.39 is 11.9 Å². The SMILES string of the molecule is CCCCc1ccc(CC(=O)NCC(C(=O)O)C2CCOCC2)cc1. The van der Waals surface area contributed by atoms with Gasteiger partial charge >= 0.3 is 5.97 Å². The third-order valence-electron chi connectivity index (χ3n) is 4.88. The van der Waals surface area contributed by atoms with Crippen molar-refractivity contribution < 1.29 is 19.4 Å². The summed E-state index contributed by atoms with van der Waals surface area (Å²) < 4.78 is 5.29. The molecule has 1 fully saturated rings. The van der Waals surface area contributed by atoms with E-state index in [4.69, 9.17) is 4.74 Å². The number of benzene rings is 1. The number of carbonyl (C=O) groups is 2. The Kier molecular flexibility index (Phi) is 7.92. The van der Waals surface area contributed by atoms with Gasteiger partial charge in [-0.15, -0.1) is 0 Å². The number of unbranched alkanes of at least 4 members (excludes halogenated alkanes) is 1. The van der Waals surface area contributed by atoms with Gasteiger partial charge in [0, 0.05) is 19.8 Å². The lowest BCUT2D eigenvalue weighted by molar-refractivity contribution is -0.144. The van der Waals surface area contributed by atoms with Crippen LogP contribution in [-0.4, -0.2) is 36.7 Å². The maximum Gasteiger partial charge on any atom is 0.308 e. The standard InChI is InChI=1S/C20H29NO4/c1-2-3-4-15-5-7-16(8-6-15)13-19(22)21-14-18(20(23)24)17-9-11-25-12-10-17/h5-8,17-18H,2-4,9-14H2,1H3,(H,21,22)(H,23,24). The van der Waals surface area contributed by atoms with E-state index in [2.05, 4.69) is 24.4 Å². The van der Waals surface area contributed by atoms with Crippen molar-refractivity contribution in [3.05, 3.63) is 35.4 Å². The molecular weight excluding hydrogens is 318 g/mol. The predicted octanol–water partition coefficient (Wildman–Crippen LogP) is 2.82. The van der Waals surface area contributed by atoms with Crippen LogP contribution in [0.2, 0.25) is 0 Å². The van der Waals surface area contributed by atoms with Gasteiger partial charge in [-0.05, 0) is 42.7 Å². The average molecular weight is 347 g/mol. The summed E-state index contributed by atoms with van der Waals surface area (Å²) in [5.41, 5.74) is 2.24. The lowest BCUT2D eigenvalue weighted by atomic mass is 9.86. The Morgan fingerprint density at radius 3 is 2.44 bits per heavy atom. The number of aliphatic carboxylic acids is 1. The van der Waals surface area contributed by atoms with Gasteiger partial charge in [-0.3, -0.25) is 9.59 Å². The number of hydrogen-bond acceptors (Lipinski definition) is 3. The summed E-state index contributed by atoms with van der Waals surface area (Å²) >= 11 is 0. The van der Waals surface area contributed by atoms with E-state index >= 15 is 0 Å². The third kappa shape index (κ3) is 6.50. The molecule has 138 valence electrons. The van der Waals surface area contributed by atoms with Gasteiger partial charge in [0.25, 0.3) is 0 Å². The Bertz CT molecular complexity index is 549. The summed E-state index contributed by atoms with van der Waals surface area (Å²) in [5, 5.41) is 12.2. The smallest absolute Gasteiger partial charge is 0.308 e. The largest absolute Gasteiger partial charge is 0.481 e. The highest BCUT2D eigenvalue weighted by molar-refractivity contribution is 5.79. The fourth-order valence-corrected chi connectivity index (χ4v) is 3.25. The van der Waals surface area contributed by atoms with Crippen LogP contribution < -0.4 is 5.32 Å². The molecule has 1 amide bonds. The molecule has 2 rings (SSSR count). The number of carboxylic acids is 1. The van der Waals surface area contributed by atoms with E-state index in [9.17, 15) is 14.7 Å². The van der Waals surface area contributed by atoms with Crippen molar-refractivity contribution >= 4 is 11.9 Å². The first-order valence-corrected chi connectivity index (χ1v) is 9.25. The quantitative estimate of drug-likeness (QED) is 0.720. The van der Waals surface area contributed by atoms with Crippen LogP contribution >= 0.6 is 0 Å². The molecule has 1 aromatic rings. The molecule has 1 aliphatic rings. The van der Waals surface area contributed by atoms with Gasteiger partial charge in [-0.2, -0.15) is 0 Å². The Balaban J connectivity index is 1.81. The van der Waals surface area contributed by atoms with Crippen molar-refractivity contribution in [2.75, 3.05) is 19.8 Å². The average Bonchev–Trinajstić information content (AvgIpc) is 2.62. The van der Waals surface area contributed by atoms with Crippen LogP contribution in [0.3, 0.4) is 0 Å². The van der Waals surface area contributed by atoms with E-state index in [1.807, 2.05) is 12.1 Å². The minimum atomic E-state index is -0.840. The molecule has 0 bridgehead atoms. The highest BCUT2D eigenvalue weighted by Crippen LogP contribution is 2.23. The predicted molar refractivity (Wildman–Crippen MR) is 96.4 cm³/mol. The Morgan fingerprint density at radius 1 is 1.20 bits per heavy atom. The molecule has 1 saturated heterocycles. The maximum atomic E-state index is 12.2. The molecule has 0 spiro atoms. The number of ether oxygens (including phenoxy) is 1. The zero-order valence-electron chi connectivity index (χ0n) is 15.0. The van der Waals surface area contributed by atoms with Crippen molar-refractivity contribution in [2.45, 2.75) is 45.4 Å². The topological polar surface area (TPSA) is 75.6 Å². The highest BCUT2D eigenvalue weighted by Gasteiger charge is 2.29. The highest BCUT2D eigenvalue weighted by atomic mass is 16.5. The van der Waals surface area contributed by atoms with Gasteiger partial charge in [-0.25, -0.2) is 0 Å². The number of hydrogen-bond donors (Lipinski definition) is 2. The van der Waals surface area contributed by atoms with Crippen LogP contribution in [0.5, 0.6) is 0 Å². The minimum absolute atomic E-state index is 0.0735. The number of carbonyl (C=O) groups excluding carboxylic acids is 1. The summed E-state index contributed by atoms with van der Waals surface area (Å²) in [7, 11) is 0. The van der Waals surface area contributed by atoms with Gasteiger partial charge < -0.3 is 15.2 Å². The number of amides is 1. The zero-order valence-corrected chi connectivity index (χ0v) is 15.0. The molecule has 0 aromatic heterocycles. The lowest BCUT2D eigenvalue weighted by Gasteiger charge is -2.27. The monoisotopic (exact) mass is 347 g/mol. The first-order valence-electron chi connectivity index (χ1n) is 9.25. The van der Waals surface area contributed by atoms with E-state index in [0.717, 1.165) is 24.8 Å². The van der Waals surface area contributed by atoms with E-state index in [1.165, 1.54) is 18.4 Å². The Hall–Kier alpha value is -1.88. The maximum absolute atomic E-state index is 12.2. The third-order valence-corrected chi connectivity index (χ3v) is 4.88. The van der Waals surface area contributed by atoms with E-state index in [-0.39, 0.29) is 24.8 Å². The lowest BCUT2D eigenvalue weighted by Crippen LogP contribution is -2.39. The van der Waals surface area contributed by atoms with Crippen molar-refractivity contribution in [3.8, 4) is 0 Å². The Morgan fingerprint density at radius 2 is 1.84 bits per heavy atom. The number of rotatable bonds is 9. The molecule has 0 saturated carbocycles. The molecule has 25 heavy (non-hydrogen) atoms. The van der Waals surface area contributed by atoms with Crippen LogP contribution in [0.1, 0.15) is 43.7 Å². The molecule has 1 heterocycles. The van der Waals surface area contributed by atoms with Crippen molar-refractivity contribution in [2.24, 2.45) is 11.8 Å². The van der Waals surface area contributed by atoms with E-state index in [0.29, 0.717) is 13.2 Å². The van der Waals surface area contributed by atoms with Gasteiger partial charge in [0.15, 0.2) is 0 Å². The van der Waals surface area contributed by atoms with Crippen LogP contribution in [0.15, 0.2) is 24.3 Å². The number of nitrogens with one attached hydrogen (secondary N) is 1. The van der Waals surface area contributed by atoms with Crippen molar-refractivity contribution in [3.63, 3.8) is 0 Å². The second-order valence-electron chi connectivity index (χ2n) is 6.80. The molecule has 1 aliphatic heterocycles. The fourth-order valence-electron chi connectivity index (χ4n) is 3.25. The minimum Gasteiger partial charge on any atom is -0.481 e. The van der Waals surface area contributed by atoms with Crippen LogP contribution in [-0.2, 0) is 27.2 Å². The van der Waals surface area contributed by atoms with Crippen molar-refractivity contribution in [1.29, 1.82) is 0 Å². The van der Waals surface area contributed by atoms with Gasteiger partial charge in [-0.1, -0.05) is 37.6 Å². The molecule has 1 atom stereocenters. The number of carboxylic acid groups (broad SMARTS) is 1. The molecule has 1 unspecified atom stereocenters. The second-order valence-corrected chi connectivity index (χ2v) is 6.80. The number of aryl methyl sites for hydroxylation is 1. The Labute approximate surface area is 149 Å². The molecule has 0 radical (unpaired) electrons. The molecule has 0 aliphatic carbocycles. The molecule has 2 N–H and O–H groups in total. The van der Waals surface area contributed by atoms with Crippen LogP contribution in [0, 0.1) is 11.8 Å². The van der Waals surface area contributed by atoms with Crippen LogP contribution in [0.4, 0.5) is 0 Å². The normalized spacial score (nSPS) is 16.4. The summed E-state index contributed by atoms with van der Waals surface area (Å²) in [6.07, 6.45) is 5.17. The summed E-state index contributed by atoms with van der Waals surface area (Å²) in [6.45, 7) is 3.57.